The van der Waals surface area contributed by atoms with Crippen molar-refractivity contribution in [3.05, 3.63) is 133 Å². The molecule has 0 amide bonds. The summed E-state index contributed by atoms with van der Waals surface area (Å²) in [6, 6.07) is 48.9. The topological polar surface area (TPSA) is 0 Å². The van der Waals surface area contributed by atoms with Crippen molar-refractivity contribution >= 4 is 63.8 Å². The summed E-state index contributed by atoms with van der Waals surface area (Å²) in [5.41, 5.74) is 5.15. The van der Waals surface area contributed by atoms with Crippen molar-refractivity contribution in [1.82, 2.24) is 0 Å². The van der Waals surface area contributed by atoms with Crippen LogP contribution in [0, 0.1) is 0 Å². The minimum Gasteiger partial charge on any atom is -0.135 e. The van der Waals surface area contributed by atoms with Gasteiger partial charge in [0.05, 0.1) is 0 Å². The fourth-order valence-corrected chi connectivity index (χ4v) is 7.23. The largest absolute Gasteiger partial charge is 0.135 e. The first-order valence-corrected chi connectivity index (χ1v) is 13.5. The number of hydrogen-bond acceptors (Lipinski definition) is 1. The number of fused-ring (bicyclic) bond motifs is 9. The highest BCUT2D eigenvalue weighted by Crippen LogP contribution is 2.48. The van der Waals surface area contributed by atoms with Crippen LogP contribution in [0.3, 0.4) is 0 Å². The second-order valence-electron chi connectivity index (χ2n) is 9.64. The molecular formula is C36H22S. The molecule has 0 unspecified atom stereocenters. The molecule has 1 aromatic heterocycles. The normalized spacial score (nSPS) is 11.8. The van der Waals surface area contributed by atoms with E-state index in [4.69, 9.17) is 0 Å². The molecule has 0 nitrogen and oxygen atoms in total. The molecule has 0 aliphatic heterocycles. The number of hydrogen-bond donors (Lipinski definition) is 0. The van der Waals surface area contributed by atoms with Gasteiger partial charge in [-0.05, 0) is 66.7 Å². The second kappa shape index (κ2) is 8.03. The average Bonchev–Trinajstić information content (AvgIpc) is 3.36. The molecule has 7 aromatic carbocycles. The van der Waals surface area contributed by atoms with E-state index in [0.717, 1.165) is 0 Å². The van der Waals surface area contributed by atoms with Crippen LogP contribution in [-0.4, -0.2) is 0 Å². The second-order valence-corrected chi connectivity index (χ2v) is 10.7. The van der Waals surface area contributed by atoms with Crippen LogP contribution in [0.5, 0.6) is 0 Å². The molecule has 1 heteroatoms. The highest BCUT2D eigenvalue weighted by Gasteiger charge is 2.20. The predicted octanol–water partition coefficient (Wildman–Crippen LogP) is 10.8. The van der Waals surface area contributed by atoms with Crippen LogP contribution in [-0.2, 0) is 0 Å². The van der Waals surface area contributed by atoms with E-state index in [2.05, 4.69) is 133 Å². The zero-order chi connectivity index (χ0) is 24.3. The lowest BCUT2D eigenvalue weighted by Crippen LogP contribution is -1.91. The molecule has 0 fully saturated rings. The highest BCUT2D eigenvalue weighted by molar-refractivity contribution is 7.26. The molecular weight excluding hydrogens is 464 g/mol. The fourth-order valence-electron chi connectivity index (χ4n) is 6.12. The lowest BCUT2D eigenvalue weighted by atomic mass is 9.85. The Bertz CT molecular complexity index is 2090. The summed E-state index contributed by atoms with van der Waals surface area (Å²) < 4.78 is 2.66. The Morgan fingerprint density at radius 1 is 0.324 bits per heavy atom. The average molecular weight is 487 g/mol. The maximum Gasteiger partial charge on any atom is 0.0362 e. The van der Waals surface area contributed by atoms with Gasteiger partial charge in [-0.3, -0.25) is 0 Å². The minimum atomic E-state index is 1.25. The smallest absolute Gasteiger partial charge is 0.0362 e. The SMILES string of the molecule is c1ccc(-c2ccc3sc4ccccc4c3c2-c2cccc3c4ccccc4c4ccccc4c23)cc1. The first kappa shape index (κ1) is 20.7. The van der Waals surface area contributed by atoms with Crippen LogP contribution < -0.4 is 0 Å². The van der Waals surface area contributed by atoms with Gasteiger partial charge in [-0.15, -0.1) is 11.3 Å². The predicted molar refractivity (Wildman–Crippen MR) is 163 cm³/mol. The van der Waals surface area contributed by atoms with Gasteiger partial charge in [-0.1, -0.05) is 121 Å². The van der Waals surface area contributed by atoms with Crippen LogP contribution in [0.4, 0.5) is 0 Å². The summed E-state index contributed by atoms with van der Waals surface area (Å²) in [5, 5.41) is 10.6. The van der Waals surface area contributed by atoms with E-state index in [0.29, 0.717) is 0 Å². The van der Waals surface area contributed by atoms with Crippen molar-refractivity contribution in [2.45, 2.75) is 0 Å². The molecule has 8 rings (SSSR count). The first-order chi connectivity index (χ1) is 18.4. The van der Waals surface area contributed by atoms with Crippen LogP contribution in [0.1, 0.15) is 0 Å². The van der Waals surface area contributed by atoms with Crippen LogP contribution >= 0.6 is 11.3 Å². The molecule has 0 N–H and O–H groups in total. The lowest BCUT2D eigenvalue weighted by Gasteiger charge is -2.18. The van der Waals surface area contributed by atoms with Gasteiger partial charge in [0, 0.05) is 20.2 Å². The maximum atomic E-state index is 2.33. The van der Waals surface area contributed by atoms with E-state index in [1.54, 1.807) is 0 Å². The van der Waals surface area contributed by atoms with E-state index >= 15 is 0 Å². The summed E-state index contributed by atoms with van der Waals surface area (Å²) in [5.74, 6) is 0. The van der Waals surface area contributed by atoms with Crippen molar-refractivity contribution < 1.29 is 0 Å². The molecule has 37 heavy (non-hydrogen) atoms. The Morgan fingerprint density at radius 3 is 1.62 bits per heavy atom. The molecule has 0 radical (unpaired) electrons. The fraction of sp³-hybridized carbons (Fsp3) is 0. The molecule has 0 atom stereocenters. The highest BCUT2D eigenvalue weighted by atomic mass is 32.1. The Hall–Kier alpha value is -4.46. The van der Waals surface area contributed by atoms with Gasteiger partial charge in [0.25, 0.3) is 0 Å². The van der Waals surface area contributed by atoms with E-state index in [1.165, 1.54) is 74.7 Å². The molecule has 0 saturated heterocycles. The van der Waals surface area contributed by atoms with Gasteiger partial charge in [-0.2, -0.15) is 0 Å². The Morgan fingerprint density at radius 2 is 0.892 bits per heavy atom. The van der Waals surface area contributed by atoms with Crippen LogP contribution in [0.2, 0.25) is 0 Å². The summed E-state index contributed by atoms with van der Waals surface area (Å²) in [4.78, 5) is 0. The standard InChI is InChI=1S/C36H22S/c1-2-11-23(12-3-1)24-21-22-33-36(30-17-8-9-20-32(30)37-33)35(24)31-19-10-18-29-27-14-5-4-13-25(27)26-15-6-7-16-28(26)34(29)31/h1-22H. The van der Waals surface area contributed by atoms with E-state index < -0.39 is 0 Å². The molecule has 1 heterocycles. The van der Waals surface area contributed by atoms with Crippen molar-refractivity contribution in [3.8, 4) is 22.3 Å². The third-order valence-corrected chi connectivity index (χ3v) is 8.80. The molecule has 0 aliphatic rings. The molecule has 0 spiro atoms. The number of rotatable bonds is 2. The van der Waals surface area contributed by atoms with Gasteiger partial charge in [0.2, 0.25) is 0 Å². The Balaban J connectivity index is 1.64. The van der Waals surface area contributed by atoms with Crippen molar-refractivity contribution in [3.63, 3.8) is 0 Å². The summed E-state index contributed by atoms with van der Waals surface area (Å²) in [7, 11) is 0. The monoisotopic (exact) mass is 486 g/mol. The Labute approximate surface area is 219 Å². The quantitative estimate of drug-likeness (QED) is 0.213. The molecule has 8 aromatic rings. The van der Waals surface area contributed by atoms with Crippen LogP contribution in [0.15, 0.2) is 133 Å². The van der Waals surface area contributed by atoms with E-state index in [1.807, 2.05) is 11.3 Å². The van der Waals surface area contributed by atoms with Gasteiger partial charge in [0.1, 0.15) is 0 Å². The van der Waals surface area contributed by atoms with Crippen molar-refractivity contribution in [1.29, 1.82) is 0 Å². The zero-order valence-electron chi connectivity index (χ0n) is 20.1. The Kier molecular flexibility index (Phi) is 4.49. The van der Waals surface area contributed by atoms with Crippen molar-refractivity contribution in [2.24, 2.45) is 0 Å². The van der Waals surface area contributed by atoms with E-state index in [-0.39, 0.29) is 0 Å². The van der Waals surface area contributed by atoms with Gasteiger partial charge in [-0.25, -0.2) is 0 Å². The third kappa shape index (κ3) is 3.02. The lowest BCUT2D eigenvalue weighted by molar-refractivity contribution is 1.64. The van der Waals surface area contributed by atoms with Gasteiger partial charge in [0.15, 0.2) is 0 Å². The molecule has 0 saturated carbocycles. The van der Waals surface area contributed by atoms with Crippen LogP contribution in [0.25, 0.3) is 74.7 Å². The minimum absolute atomic E-state index is 1.25. The maximum absolute atomic E-state index is 2.33. The molecule has 0 aliphatic carbocycles. The molecule has 0 bridgehead atoms. The summed E-state index contributed by atoms with van der Waals surface area (Å²) >= 11 is 1.89. The molecule has 172 valence electrons. The van der Waals surface area contributed by atoms with E-state index in [9.17, 15) is 0 Å². The zero-order valence-corrected chi connectivity index (χ0v) is 20.9. The summed E-state index contributed by atoms with van der Waals surface area (Å²) in [6.45, 7) is 0. The van der Waals surface area contributed by atoms with Crippen molar-refractivity contribution in [2.75, 3.05) is 0 Å². The number of benzene rings is 7. The summed E-state index contributed by atoms with van der Waals surface area (Å²) in [6.07, 6.45) is 0. The third-order valence-electron chi connectivity index (χ3n) is 7.67. The van der Waals surface area contributed by atoms with Gasteiger partial charge < -0.3 is 0 Å². The number of thiophene rings is 1. The van der Waals surface area contributed by atoms with Gasteiger partial charge >= 0.3 is 0 Å². The first-order valence-electron chi connectivity index (χ1n) is 12.7.